The topological polar surface area (TPSA) is 86.6 Å². The van der Waals surface area contributed by atoms with Crippen molar-refractivity contribution in [2.75, 3.05) is 46.8 Å². The molecule has 5 rings (SSSR count). The molecule has 1 N–H and O–H groups in total. The number of benzene rings is 2. The summed E-state index contributed by atoms with van der Waals surface area (Å²) in [5.41, 5.74) is 3.66. The maximum atomic E-state index is 13.3. The van der Waals surface area contributed by atoms with Gasteiger partial charge in [0.15, 0.2) is 17.3 Å². The molecule has 38 heavy (non-hydrogen) atoms. The molecule has 0 spiro atoms. The lowest BCUT2D eigenvalue weighted by Gasteiger charge is -2.27. The minimum absolute atomic E-state index is 0.172. The first-order chi connectivity index (χ1) is 18.6. The van der Waals surface area contributed by atoms with Crippen LogP contribution >= 0.6 is 0 Å². The summed E-state index contributed by atoms with van der Waals surface area (Å²) < 4.78 is 24.6. The van der Waals surface area contributed by atoms with Gasteiger partial charge in [-0.2, -0.15) is 0 Å². The minimum atomic E-state index is -0.172. The Morgan fingerprint density at radius 2 is 1.66 bits per heavy atom. The predicted molar refractivity (Wildman–Crippen MR) is 147 cm³/mol. The monoisotopic (exact) mass is 516 g/mol. The zero-order chi connectivity index (χ0) is 26.6. The molecule has 1 aliphatic rings. The van der Waals surface area contributed by atoms with Crippen LogP contribution in [0.4, 0.5) is 10.5 Å². The SMILES string of the molecule is COc1cccc(-c2nc(-c3c(NC(=O)N4CCCCC4)cc(OC)c(OC)c3OC)n3ccccc23)c1. The highest BCUT2D eigenvalue weighted by Gasteiger charge is 2.28. The van der Waals surface area contributed by atoms with Crippen molar-refractivity contribution >= 4 is 17.2 Å². The summed E-state index contributed by atoms with van der Waals surface area (Å²) in [5.74, 6) is 2.59. The number of rotatable bonds is 7. The van der Waals surface area contributed by atoms with Gasteiger partial charge in [-0.3, -0.25) is 4.40 Å². The van der Waals surface area contributed by atoms with Crippen molar-refractivity contribution in [1.29, 1.82) is 0 Å². The second-order valence-electron chi connectivity index (χ2n) is 9.02. The van der Waals surface area contributed by atoms with Crippen LogP contribution in [0.25, 0.3) is 28.2 Å². The van der Waals surface area contributed by atoms with Gasteiger partial charge in [0, 0.05) is 30.9 Å². The third kappa shape index (κ3) is 4.55. The van der Waals surface area contributed by atoms with E-state index in [0.29, 0.717) is 34.3 Å². The van der Waals surface area contributed by atoms with Gasteiger partial charge in [-0.1, -0.05) is 18.2 Å². The van der Waals surface area contributed by atoms with Crippen molar-refractivity contribution in [1.82, 2.24) is 14.3 Å². The number of nitrogens with one attached hydrogen (secondary N) is 1. The first kappa shape index (κ1) is 25.3. The third-order valence-corrected chi connectivity index (χ3v) is 6.83. The Kier molecular flexibility index (Phi) is 7.26. The van der Waals surface area contributed by atoms with Gasteiger partial charge in [-0.15, -0.1) is 0 Å². The van der Waals surface area contributed by atoms with Crippen molar-refractivity contribution in [2.24, 2.45) is 0 Å². The molecule has 0 saturated carbocycles. The van der Waals surface area contributed by atoms with E-state index < -0.39 is 0 Å². The molecule has 0 bridgehead atoms. The van der Waals surface area contributed by atoms with Crippen molar-refractivity contribution in [3.63, 3.8) is 0 Å². The van der Waals surface area contributed by atoms with Gasteiger partial charge in [0.2, 0.25) is 5.75 Å². The van der Waals surface area contributed by atoms with Gasteiger partial charge in [-0.25, -0.2) is 9.78 Å². The molecule has 4 aromatic rings. The molecule has 2 aromatic heterocycles. The predicted octanol–water partition coefficient (Wildman–Crippen LogP) is 5.72. The molecule has 3 heterocycles. The number of nitrogens with zero attached hydrogens (tertiary/aromatic N) is 3. The van der Waals surface area contributed by atoms with E-state index in [0.717, 1.165) is 54.9 Å². The number of piperidine rings is 1. The Labute approximate surface area is 221 Å². The van der Waals surface area contributed by atoms with E-state index in [1.165, 1.54) is 0 Å². The van der Waals surface area contributed by atoms with Gasteiger partial charge in [0.1, 0.15) is 5.75 Å². The van der Waals surface area contributed by atoms with Crippen LogP contribution in [0, 0.1) is 0 Å². The summed E-state index contributed by atoms with van der Waals surface area (Å²) >= 11 is 0. The lowest BCUT2D eigenvalue weighted by Crippen LogP contribution is -2.38. The van der Waals surface area contributed by atoms with Crippen LogP contribution in [-0.2, 0) is 0 Å². The zero-order valence-corrected chi connectivity index (χ0v) is 22.1. The molecule has 1 fully saturated rings. The third-order valence-electron chi connectivity index (χ3n) is 6.83. The lowest BCUT2D eigenvalue weighted by atomic mass is 10.1. The average Bonchev–Trinajstić information content (AvgIpc) is 3.36. The van der Waals surface area contributed by atoms with E-state index in [9.17, 15) is 4.79 Å². The summed E-state index contributed by atoms with van der Waals surface area (Å²) in [4.78, 5) is 20.3. The normalized spacial score (nSPS) is 13.3. The van der Waals surface area contributed by atoms with Crippen LogP contribution in [0.3, 0.4) is 0 Å². The maximum absolute atomic E-state index is 13.3. The number of hydrogen-bond acceptors (Lipinski definition) is 6. The number of carbonyl (C=O) groups is 1. The number of ether oxygens (including phenoxy) is 4. The molecular formula is C29H32N4O5. The van der Waals surface area contributed by atoms with Crippen molar-refractivity contribution in [3.05, 3.63) is 54.7 Å². The van der Waals surface area contributed by atoms with E-state index in [1.807, 2.05) is 58.0 Å². The quantitative estimate of drug-likeness (QED) is 0.338. The number of fused-ring (bicyclic) bond motifs is 1. The van der Waals surface area contributed by atoms with E-state index in [-0.39, 0.29) is 6.03 Å². The number of anilines is 1. The van der Waals surface area contributed by atoms with Crippen LogP contribution in [0.2, 0.25) is 0 Å². The Hall–Kier alpha value is -4.40. The van der Waals surface area contributed by atoms with Crippen LogP contribution in [0.15, 0.2) is 54.7 Å². The van der Waals surface area contributed by atoms with E-state index >= 15 is 0 Å². The Balaban J connectivity index is 1.74. The van der Waals surface area contributed by atoms with Crippen LogP contribution < -0.4 is 24.3 Å². The highest BCUT2D eigenvalue weighted by Crippen LogP contribution is 2.49. The zero-order valence-electron chi connectivity index (χ0n) is 22.1. The molecule has 0 radical (unpaired) electrons. The number of aromatic nitrogens is 2. The molecule has 2 aromatic carbocycles. The standard InChI is InChI=1S/C29H32N4O5/c1-35-20-12-10-11-19(17-20)25-22-13-6-9-16-33(22)28(31-25)24-21(30-29(34)32-14-7-5-8-15-32)18-23(36-2)26(37-3)27(24)38-4/h6,9-13,16-18H,5,7-8,14-15H2,1-4H3,(H,30,34). The number of amides is 2. The van der Waals surface area contributed by atoms with E-state index in [1.54, 1.807) is 34.5 Å². The summed E-state index contributed by atoms with van der Waals surface area (Å²) in [6, 6.07) is 15.3. The van der Waals surface area contributed by atoms with Crippen molar-refractivity contribution in [3.8, 4) is 45.6 Å². The minimum Gasteiger partial charge on any atom is -0.497 e. The number of likely N-dealkylation sites (tertiary alicyclic amines) is 1. The second kappa shape index (κ2) is 10.9. The molecule has 9 heteroatoms. The van der Waals surface area contributed by atoms with Gasteiger partial charge in [-0.05, 0) is 43.5 Å². The highest BCUT2D eigenvalue weighted by molar-refractivity contribution is 5.98. The van der Waals surface area contributed by atoms with Gasteiger partial charge < -0.3 is 29.2 Å². The molecule has 0 atom stereocenters. The largest absolute Gasteiger partial charge is 0.497 e. The second-order valence-corrected chi connectivity index (χ2v) is 9.02. The Bertz CT molecular complexity index is 1460. The Morgan fingerprint density at radius 3 is 2.37 bits per heavy atom. The lowest BCUT2D eigenvalue weighted by molar-refractivity contribution is 0.200. The number of methoxy groups -OCH3 is 4. The summed E-state index contributed by atoms with van der Waals surface area (Å²) in [6.45, 7) is 1.44. The molecule has 9 nitrogen and oxygen atoms in total. The molecule has 1 aliphatic heterocycles. The number of pyridine rings is 1. The first-order valence-electron chi connectivity index (χ1n) is 12.6. The maximum Gasteiger partial charge on any atom is 0.321 e. The number of urea groups is 1. The highest BCUT2D eigenvalue weighted by atomic mass is 16.5. The number of carbonyl (C=O) groups excluding carboxylic acids is 1. The number of imidazole rings is 1. The molecule has 0 aliphatic carbocycles. The fourth-order valence-corrected chi connectivity index (χ4v) is 4.97. The summed E-state index contributed by atoms with van der Waals surface area (Å²) in [7, 11) is 6.32. The average molecular weight is 517 g/mol. The molecular weight excluding hydrogens is 484 g/mol. The van der Waals surface area contributed by atoms with Crippen molar-refractivity contribution in [2.45, 2.75) is 19.3 Å². The first-order valence-corrected chi connectivity index (χ1v) is 12.6. The van der Waals surface area contributed by atoms with Gasteiger partial charge in [0.25, 0.3) is 0 Å². The van der Waals surface area contributed by atoms with Crippen LogP contribution in [0.1, 0.15) is 19.3 Å². The summed E-state index contributed by atoms with van der Waals surface area (Å²) in [6.07, 6.45) is 5.05. The van der Waals surface area contributed by atoms with Crippen molar-refractivity contribution < 1.29 is 23.7 Å². The van der Waals surface area contributed by atoms with E-state index in [2.05, 4.69) is 5.32 Å². The molecule has 198 valence electrons. The smallest absolute Gasteiger partial charge is 0.321 e. The number of hydrogen-bond donors (Lipinski definition) is 1. The van der Waals surface area contributed by atoms with Crippen LogP contribution in [-0.4, -0.2) is 61.8 Å². The van der Waals surface area contributed by atoms with E-state index in [4.69, 9.17) is 23.9 Å². The fourth-order valence-electron chi connectivity index (χ4n) is 4.97. The van der Waals surface area contributed by atoms with Crippen LogP contribution in [0.5, 0.6) is 23.0 Å². The van der Waals surface area contributed by atoms with Gasteiger partial charge in [0.05, 0.1) is 50.9 Å². The Morgan fingerprint density at radius 1 is 0.868 bits per heavy atom. The molecule has 2 amide bonds. The summed E-state index contributed by atoms with van der Waals surface area (Å²) in [5, 5.41) is 3.11. The molecule has 1 saturated heterocycles. The fraction of sp³-hybridized carbons (Fsp3) is 0.310. The molecule has 0 unspecified atom stereocenters. The van der Waals surface area contributed by atoms with Gasteiger partial charge >= 0.3 is 6.03 Å².